The number of amides is 2. The molecule has 1 fully saturated rings. The van der Waals surface area contributed by atoms with Crippen molar-refractivity contribution in [1.82, 2.24) is 10.4 Å². The van der Waals surface area contributed by atoms with Gasteiger partial charge in [0.2, 0.25) is 0 Å². The molecule has 2 amide bonds. The molecule has 3 rings (SSSR count). The minimum atomic E-state index is -1.05. The first-order valence-electron chi connectivity index (χ1n) is 10.00. The Morgan fingerprint density at radius 2 is 1.74 bits per heavy atom. The first kappa shape index (κ1) is 19.7. The van der Waals surface area contributed by atoms with Gasteiger partial charge in [0.1, 0.15) is 6.10 Å². The van der Waals surface area contributed by atoms with E-state index in [1.807, 2.05) is 6.92 Å². The number of imide groups is 1. The van der Waals surface area contributed by atoms with Gasteiger partial charge in [0, 0.05) is 0 Å². The molecule has 1 heterocycles. The average molecular weight is 372 g/mol. The lowest BCUT2D eigenvalue weighted by Crippen LogP contribution is -2.54. The number of benzene rings is 1. The summed E-state index contributed by atoms with van der Waals surface area (Å²) in [4.78, 5) is 38.1. The average Bonchev–Trinajstić information content (AvgIpc) is 2.95. The van der Waals surface area contributed by atoms with Crippen LogP contribution in [0.25, 0.3) is 0 Å². The predicted octanol–water partition coefficient (Wildman–Crippen LogP) is 2.86. The fraction of sp³-hybridized carbons (Fsp3) is 0.571. The summed E-state index contributed by atoms with van der Waals surface area (Å²) >= 11 is 0. The maximum Gasteiger partial charge on any atom is 0.276 e. The minimum absolute atomic E-state index is 0.0284. The van der Waals surface area contributed by atoms with Gasteiger partial charge >= 0.3 is 0 Å². The first-order chi connectivity index (χ1) is 13.0. The lowest BCUT2D eigenvalue weighted by atomic mass is 9.82. The van der Waals surface area contributed by atoms with Gasteiger partial charge in [0.25, 0.3) is 11.8 Å². The van der Waals surface area contributed by atoms with E-state index in [-0.39, 0.29) is 11.7 Å². The van der Waals surface area contributed by atoms with Crippen LogP contribution in [0, 0.1) is 5.92 Å². The molecule has 0 unspecified atom stereocenters. The van der Waals surface area contributed by atoms with Gasteiger partial charge in [-0.2, -0.15) is 0 Å². The van der Waals surface area contributed by atoms with Gasteiger partial charge in [-0.15, -0.1) is 0 Å². The van der Waals surface area contributed by atoms with Crippen LogP contribution in [-0.2, 0) is 4.79 Å². The largest absolute Gasteiger partial charge is 0.385 e. The molecular formula is C21H28N2O4. The van der Waals surface area contributed by atoms with E-state index in [9.17, 15) is 19.5 Å². The molecule has 1 aliphatic carbocycles. The number of rotatable bonds is 8. The van der Waals surface area contributed by atoms with E-state index < -0.39 is 24.0 Å². The fourth-order valence-electron chi connectivity index (χ4n) is 4.03. The van der Waals surface area contributed by atoms with Gasteiger partial charge in [0.05, 0.1) is 17.2 Å². The summed E-state index contributed by atoms with van der Waals surface area (Å²) in [5.41, 5.74) is 3.52. The number of nitrogens with zero attached hydrogens (tertiary/aromatic N) is 1. The fourth-order valence-corrected chi connectivity index (χ4v) is 4.03. The SMILES string of the molecule is CCCC[C@H](NN1C(=O)c2ccccc2C1=O)C(=O)[C@H](O)C1CCCCC1. The Morgan fingerprint density at radius 3 is 2.30 bits per heavy atom. The second kappa shape index (κ2) is 8.76. The maximum atomic E-state index is 13.0. The molecule has 0 aromatic heterocycles. The van der Waals surface area contributed by atoms with Crippen LogP contribution in [0.5, 0.6) is 0 Å². The van der Waals surface area contributed by atoms with E-state index in [0.29, 0.717) is 17.5 Å². The number of hydrazine groups is 1. The number of aliphatic hydroxyl groups excluding tert-OH is 1. The smallest absolute Gasteiger partial charge is 0.276 e. The molecule has 27 heavy (non-hydrogen) atoms. The lowest BCUT2D eigenvalue weighted by molar-refractivity contribution is -0.133. The molecule has 6 heteroatoms. The standard InChI is InChI=1S/C21H28N2O4/c1-2-3-13-17(19(25)18(24)14-9-5-4-6-10-14)22-23-20(26)15-11-7-8-12-16(15)21(23)27/h7-8,11-12,14,17-18,22,24H,2-6,9-10,13H2,1H3/t17-,18+/m0/s1. The highest BCUT2D eigenvalue weighted by Gasteiger charge is 2.39. The second-order valence-corrected chi connectivity index (χ2v) is 7.56. The highest BCUT2D eigenvalue weighted by atomic mass is 16.3. The first-order valence-corrected chi connectivity index (χ1v) is 10.00. The van der Waals surface area contributed by atoms with Crippen molar-refractivity contribution < 1.29 is 19.5 Å². The molecular weight excluding hydrogens is 344 g/mol. The van der Waals surface area contributed by atoms with Crippen LogP contribution in [0.4, 0.5) is 0 Å². The van der Waals surface area contributed by atoms with Crippen LogP contribution in [0.3, 0.4) is 0 Å². The number of nitrogens with one attached hydrogen (secondary N) is 1. The summed E-state index contributed by atoms with van der Waals surface area (Å²) in [5, 5.41) is 11.6. The van der Waals surface area contributed by atoms with Crippen molar-refractivity contribution in [2.45, 2.75) is 70.4 Å². The summed E-state index contributed by atoms with van der Waals surface area (Å²) in [6, 6.07) is 5.89. The molecule has 1 saturated carbocycles. The van der Waals surface area contributed by atoms with Crippen molar-refractivity contribution in [3.8, 4) is 0 Å². The molecule has 0 spiro atoms. The molecule has 146 valence electrons. The van der Waals surface area contributed by atoms with Crippen molar-refractivity contribution in [3.63, 3.8) is 0 Å². The zero-order valence-corrected chi connectivity index (χ0v) is 15.8. The number of carbonyl (C=O) groups is 3. The molecule has 1 aromatic carbocycles. The van der Waals surface area contributed by atoms with E-state index in [2.05, 4.69) is 5.43 Å². The molecule has 1 aromatic rings. The number of Topliss-reactive ketones (excluding diaryl/α,β-unsaturated/α-hetero) is 1. The molecule has 2 aliphatic rings. The number of aliphatic hydroxyl groups is 1. The third kappa shape index (κ3) is 4.12. The van der Waals surface area contributed by atoms with Gasteiger partial charge in [0.15, 0.2) is 5.78 Å². The van der Waals surface area contributed by atoms with Crippen LogP contribution < -0.4 is 5.43 Å². The van der Waals surface area contributed by atoms with Crippen LogP contribution in [0.1, 0.15) is 79.0 Å². The summed E-state index contributed by atoms with van der Waals surface area (Å²) in [6.45, 7) is 2.01. The summed E-state index contributed by atoms with van der Waals surface area (Å²) in [5.74, 6) is -1.24. The van der Waals surface area contributed by atoms with Crippen molar-refractivity contribution in [2.75, 3.05) is 0 Å². The Kier molecular flexibility index (Phi) is 6.39. The molecule has 0 radical (unpaired) electrons. The van der Waals surface area contributed by atoms with Gasteiger partial charge in [-0.05, 0) is 37.3 Å². The quantitative estimate of drug-likeness (QED) is 0.685. The minimum Gasteiger partial charge on any atom is -0.385 e. The van der Waals surface area contributed by atoms with E-state index in [1.165, 1.54) is 0 Å². The highest BCUT2D eigenvalue weighted by Crippen LogP contribution is 2.28. The number of ketones is 1. The van der Waals surface area contributed by atoms with Crippen LogP contribution in [0.15, 0.2) is 24.3 Å². The zero-order chi connectivity index (χ0) is 19.4. The number of hydrogen-bond donors (Lipinski definition) is 2. The molecule has 0 saturated heterocycles. The number of fused-ring (bicyclic) bond motifs is 1. The Morgan fingerprint density at radius 1 is 1.15 bits per heavy atom. The van der Waals surface area contributed by atoms with Crippen molar-refractivity contribution in [1.29, 1.82) is 0 Å². The molecule has 2 N–H and O–H groups in total. The van der Waals surface area contributed by atoms with E-state index >= 15 is 0 Å². The monoisotopic (exact) mass is 372 g/mol. The van der Waals surface area contributed by atoms with Gasteiger partial charge in [-0.25, -0.2) is 10.4 Å². The third-order valence-corrected chi connectivity index (χ3v) is 5.66. The normalized spacial score (nSPS) is 19.9. The van der Waals surface area contributed by atoms with E-state index in [0.717, 1.165) is 50.0 Å². The van der Waals surface area contributed by atoms with Crippen LogP contribution >= 0.6 is 0 Å². The molecule has 0 bridgehead atoms. The molecule has 6 nitrogen and oxygen atoms in total. The summed E-state index contributed by atoms with van der Waals surface area (Å²) < 4.78 is 0. The zero-order valence-electron chi connectivity index (χ0n) is 15.8. The summed E-state index contributed by atoms with van der Waals surface area (Å²) in [6.07, 6.45) is 5.98. The number of unbranched alkanes of at least 4 members (excludes halogenated alkanes) is 1. The van der Waals surface area contributed by atoms with Gasteiger partial charge in [-0.3, -0.25) is 14.4 Å². The van der Waals surface area contributed by atoms with Crippen LogP contribution in [-0.4, -0.2) is 39.9 Å². The van der Waals surface area contributed by atoms with Gasteiger partial charge in [-0.1, -0.05) is 51.2 Å². The molecule has 2 atom stereocenters. The van der Waals surface area contributed by atoms with E-state index in [4.69, 9.17) is 0 Å². The Bertz CT molecular complexity index is 677. The van der Waals surface area contributed by atoms with Crippen LogP contribution in [0.2, 0.25) is 0 Å². The molecule has 1 aliphatic heterocycles. The second-order valence-electron chi connectivity index (χ2n) is 7.56. The van der Waals surface area contributed by atoms with Crippen molar-refractivity contribution >= 4 is 17.6 Å². The third-order valence-electron chi connectivity index (χ3n) is 5.66. The Balaban J connectivity index is 1.74. The van der Waals surface area contributed by atoms with Gasteiger partial charge < -0.3 is 5.11 Å². The Hall–Kier alpha value is -2.05. The number of hydrogen-bond acceptors (Lipinski definition) is 5. The van der Waals surface area contributed by atoms with E-state index in [1.54, 1.807) is 24.3 Å². The highest BCUT2D eigenvalue weighted by molar-refractivity contribution is 6.21. The predicted molar refractivity (Wildman–Crippen MR) is 101 cm³/mol. The lowest BCUT2D eigenvalue weighted by Gasteiger charge is -2.30. The topological polar surface area (TPSA) is 86.7 Å². The summed E-state index contributed by atoms with van der Waals surface area (Å²) in [7, 11) is 0. The number of carbonyl (C=O) groups excluding carboxylic acids is 3. The maximum absolute atomic E-state index is 13.0. The van der Waals surface area contributed by atoms with Crippen molar-refractivity contribution in [2.24, 2.45) is 5.92 Å². The Labute approximate surface area is 159 Å². The van der Waals surface area contributed by atoms with Crippen molar-refractivity contribution in [3.05, 3.63) is 35.4 Å².